The summed E-state index contributed by atoms with van der Waals surface area (Å²) >= 11 is 1.46. The Morgan fingerprint density at radius 3 is 2.83 bits per heavy atom. The Kier molecular flexibility index (Phi) is 2.65. The molecule has 0 bridgehead atoms. The Balaban J connectivity index is 3.10. The normalized spacial score (nSPS) is 11.8. The van der Waals surface area contributed by atoms with Crippen LogP contribution in [0.15, 0.2) is 10.4 Å². The lowest BCUT2D eigenvalue weighted by Crippen LogP contribution is -2.20. The maximum atomic E-state index is 10.9. The number of rotatable bonds is 0. The number of thiazole rings is 1. The molecule has 5 heteroatoms. The van der Waals surface area contributed by atoms with Crippen molar-refractivity contribution in [3.63, 3.8) is 0 Å². The summed E-state index contributed by atoms with van der Waals surface area (Å²) in [5.41, 5.74) is 1.10. The van der Waals surface area contributed by atoms with Crippen LogP contribution in [0.5, 0.6) is 0 Å². The summed E-state index contributed by atoms with van der Waals surface area (Å²) in [6, 6.07) is -0.313. The second-order valence-corrected chi connectivity index (χ2v) is 3.22. The van der Waals surface area contributed by atoms with Gasteiger partial charge in [0.05, 0.1) is 0 Å². The van der Waals surface area contributed by atoms with E-state index in [0.29, 0.717) is 4.80 Å². The van der Waals surface area contributed by atoms with Gasteiger partial charge < -0.3 is 9.88 Å². The van der Waals surface area contributed by atoms with Gasteiger partial charge in [0.1, 0.15) is 0 Å². The number of aryl methyl sites for hydroxylation is 1. The molecule has 0 atom stereocenters. The molecule has 0 aliphatic rings. The predicted molar refractivity (Wildman–Crippen MR) is 48.0 cm³/mol. The molecule has 0 unspecified atom stereocenters. The molecule has 12 heavy (non-hydrogen) atoms. The summed E-state index contributed by atoms with van der Waals surface area (Å²) in [4.78, 5) is 15.4. The van der Waals surface area contributed by atoms with Crippen molar-refractivity contribution in [2.24, 2.45) is 12.0 Å². The number of amides is 2. The van der Waals surface area contributed by atoms with Gasteiger partial charge in [0.15, 0.2) is 4.80 Å². The Morgan fingerprint density at radius 1 is 1.75 bits per heavy atom. The van der Waals surface area contributed by atoms with Crippen LogP contribution < -0.4 is 10.1 Å². The molecule has 4 nitrogen and oxygen atoms in total. The average molecular weight is 185 g/mol. The third kappa shape index (κ3) is 1.73. The first-order valence-electron chi connectivity index (χ1n) is 3.52. The Morgan fingerprint density at radius 2 is 2.42 bits per heavy atom. The van der Waals surface area contributed by atoms with Gasteiger partial charge in [-0.3, -0.25) is 0 Å². The fraction of sp³-hybridized carbons (Fsp3) is 0.429. The van der Waals surface area contributed by atoms with E-state index in [1.54, 1.807) is 7.05 Å². The van der Waals surface area contributed by atoms with Crippen molar-refractivity contribution in [3.8, 4) is 0 Å². The Labute approximate surface area is 74.6 Å². The van der Waals surface area contributed by atoms with Gasteiger partial charge in [-0.05, 0) is 6.92 Å². The van der Waals surface area contributed by atoms with Crippen LogP contribution in [0.2, 0.25) is 0 Å². The lowest BCUT2D eigenvalue weighted by Gasteiger charge is -1.93. The lowest BCUT2D eigenvalue weighted by molar-refractivity contribution is 0.250. The van der Waals surface area contributed by atoms with Crippen LogP contribution in [0.1, 0.15) is 5.69 Å². The monoisotopic (exact) mass is 185 g/mol. The van der Waals surface area contributed by atoms with E-state index in [2.05, 4.69) is 10.3 Å². The van der Waals surface area contributed by atoms with Crippen LogP contribution in [0.4, 0.5) is 4.79 Å². The van der Waals surface area contributed by atoms with Crippen molar-refractivity contribution in [1.29, 1.82) is 0 Å². The molecule has 1 aromatic rings. The number of hydrogen-bond acceptors (Lipinski definition) is 2. The summed E-state index contributed by atoms with van der Waals surface area (Å²) in [6.45, 7) is 1.97. The van der Waals surface area contributed by atoms with Crippen LogP contribution in [0.25, 0.3) is 0 Å². The van der Waals surface area contributed by atoms with Crippen LogP contribution >= 0.6 is 11.3 Å². The number of aromatic nitrogens is 1. The summed E-state index contributed by atoms with van der Waals surface area (Å²) in [5, 5.41) is 4.40. The maximum Gasteiger partial charge on any atom is 0.343 e. The molecule has 0 fully saturated rings. The second kappa shape index (κ2) is 3.53. The van der Waals surface area contributed by atoms with E-state index in [4.69, 9.17) is 0 Å². The van der Waals surface area contributed by atoms with E-state index in [-0.39, 0.29) is 6.03 Å². The molecular weight excluding hydrogens is 174 g/mol. The molecule has 0 spiro atoms. The standard InChI is InChI=1S/C7H11N3OS/c1-5-4-12-7(10(5)3)9-6(11)8-2/h4H,1-3H3,(H,8,11)/b9-7+. The molecule has 1 rings (SSSR count). The highest BCUT2D eigenvalue weighted by atomic mass is 32.1. The molecule has 0 saturated heterocycles. The molecule has 0 radical (unpaired) electrons. The van der Waals surface area contributed by atoms with Gasteiger partial charge in [0.25, 0.3) is 0 Å². The molecule has 66 valence electrons. The van der Waals surface area contributed by atoms with Crippen molar-refractivity contribution < 1.29 is 4.79 Å². The van der Waals surface area contributed by atoms with Gasteiger partial charge >= 0.3 is 6.03 Å². The van der Waals surface area contributed by atoms with E-state index in [1.165, 1.54) is 11.3 Å². The van der Waals surface area contributed by atoms with Gasteiger partial charge in [-0.25, -0.2) is 4.79 Å². The zero-order chi connectivity index (χ0) is 9.14. The van der Waals surface area contributed by atoms with Gasteiger partial charge in [0, 0.05) is 25.2 Å². The van der Waals surface area contributed by atoms with Crippen molar-refractivity contribution in [2.75, 3.05) is 7.05 Å². The summed E-state index contributed by atoms with van der Waals surface area (Å²) in [6.07, 6.45) is 0. The van der Waals surface area contributed by atoms with Gasteiger partial charge in [-0.15, -0.1) is 11.3 Å². The van der Waals surface area contributed by atoms with Gasteiger partial charge in [0.2, 0.25) is 0 Å². The molecule has 1 N–H and O–H groups in total. The number of urea groups is 1. The molecule has 0 saturated carbocycles. The molecule has 0 aromatic carbocycles. The number of carbonyl (C=O) groups excluding carboxylic acids is 1. The van der Waals surface area contributed by atoms with Crippen LogP contribution in [-0.4, -0.2) is 17.6 Å². The van der Waals surface area contributed by atoms with E-state index >= 15 is 0 Å². The van der Waals surface area contributed by atoms with E-state index < -0.39 is 0 Å². The molecule has 0 aliphatic carbocycles. The number of nitrogens with zero attached hydrogens (tertiary/aromatic N) is 2. The zero-order valence-electron chi connectivity index (χ0n) is 7.29. The van der Waals surface area contributed by atoms with Crippen LogP contribution in [0, 0.1) is 6.92 Å². The number of carbonyl (C=O) groups is 1. The van der Waals surface area contributed by atoms with E-state index in [9.17, 15) is 4.79 Å². The lowest BCUT2D eigenvalue weighted by atomic mass is 10.6. The Bertz CT molecular complexity index is 350. The van der Waals surface area contributed by atoms with E-state index in [0.717, 1.165) is 5.69 Å². The average Bonchev–Trinajstić information content (AvgIpc) is 2.36. The molecule has 1 heterocycles. The summed E-state index contributed by atoms with van der Waals surface area (Å²) in [7, 11) is 3.44. The molecule has 1 aromatic heterocycles. The minimum Gasteiger partial charge on any atom is -0.339 e. The smallest absolute Gasteiger partial charge is 0.339 e. The SMILES string of the molecule is CNC(=O)/N=c1/scc(C)n1C. The predicted octanol–water partition coefficient (Wildman–Crippen LogP) is 0.635. The third-order valence-corrected chi connectivity index (χ3v) is 2.60. The van der Waals surface area contributed by atoms with Gasteiger partial charge in [-0.1, -0.05) is 0 Å². The van der Waals surface area contributed by atoms with Crippen molar-refractivity contribution in [1.82, 2.24) is 9.88 Å². The van der Waals surface area contributed by atoms with Crippen LogP contribution in [0.3, 0.4) is 0 Å². The molecule has 2 amide bonds. The van der Waals surface area contributed by atoms with E-state index in [1.807, 2.05) is 23.9 Å². The first-order valence-corrected chi connectivity index (χ1v) is 4.40. The first-order chi connectivity index (χ1) is 5.65. The summed E-state index contributed by atoms with van der Waals surface area (Å²) < 4.78 is 1.87. The Hall–Kier alpha value is -1.10. The van der Waals surface area contributed by atoms with Crippen molar-refractivity contribution in [2.45, 2.75) is 6.92 Å². The molecular formula is C7H11N3OS. The van der Waals surface area contributed by atoms with Crippen molar-refractivity contribution >= 4 is 17.4 Å². The first kappa shape index (κ1) is 8.99. The minimum absolute atomic E-state index is 0.313. The third-order valence-electron chi connectivity index (χ3n) is 1.56. The summed E-state index contributed by atoms with van der Waals surface area (Å²) in [5.74, 6) is 0. The topological polar surface area (TPSA) is 46.4 Å². The van der Waals surface area contributed by atoms with Gasteiger partial charge in [-0.2, -0.15) is 4.99 Å². The largest absolute Gasteiger partial charge is 0.343 e. The number of hydrogen-bond donors (Lipinski definition) is 1. The molecule has 0 aliphatic heterocycles. The minimum atomic E-state index is -0.313. The van der Waals surface area contributed by atoms with Crippen molar-refractivity contribution in [3.05, 3.63) is 15.9 Å². The van der Waals surface area contributed by atoms with Crippen LogP contribution in [-0.2, 0) is 7.05 Å². The fourth-order valence-electron chi connectivity index (χ4n) is 0.691. The number of nitrogens with one attached hydrogen (secondary N) is 1. The maximum absolute atomic E-state index is 10.9. The highest BCUT2D eigenvalue weighted by Crippen LogP contribution is 1.95. The highest BCUT2D eigenvalue weighted by Gasteiger charge is 1.97. The fourth-order valence-corrected chi connectivity index (χ4v) is 1.56. The zero-order valence-corrected chi connectivity index (χ0v) is 8.10. The highest BCUT2D eigenvalue weighted by molar-refractivity contribution is 7.07. The second-order valence-electron chi connectivity index (χ2n) is 2.39. The quantitative estimate of drug-likeness (QED) is 0.633.